The summed E-state index contributed by atoms with van der Waals surface area (Å²) in [6.07, 6.45) is 3.14. The van der Waals surface area contributed by atoms with Crippen molar-refractivity contribution in [2.45, 2.75) is 26.4 Å². The summed E-state index contributed by atoms with van der Waals surface area (Å²) >= 11 is 0. The molecule has 17 heavy (non-hydrogen) atoms. The average Bonchev–Trinajstić information content (AvgIpc) is 2.77. The maximum atomic E-state index is 5.38. The summed E-state index contributed by atoms with van der Waals surface area (Å²) in [4.78, 5) is 0. The third-order valence-corrected chi connectivity index (χ3v) is 2.33. The molecular formula is C12H23N3O2. The fourth-order valence-electron chi connectivity index (χ4n) is 1.42. The summed E-state index contributed by atoms with van der Waals surface area (Å²) in [6, 6.07) is 2.04. The van der Waals surface area contributed by atoms with E-state index in [9.17, 15) is 0 Å². The number of hydrogen-bond donors (Lipinski definition) is 1. The zero-order chi connectivity index (χ0) is 12.3. The minimum atomic E-state index is 0.642. The van der Waals surface area contributed by atoms with Gasteiger partial charge in [-0.05, 0) is 19.0 Å². The van der Waals surface area contributed by atoms with Crippen molar-refractivity contribution in [3.05, 3.63) is 18.0 Å². The van der Waals surface area contributed by atoms with E-state index < -0.39 is 0 Å². The van der Waals surface area contributed by atoms with Crippen molar-refractivity contribution in [2.75, 3.05) is 33.5 Å². The first kappa shape index (κ1) is 14.2. The van der Waals surface area contributed by atoms with E-state index in [2.05, 4.69) is 17.3 Å². The van der Waals surface area contributed by atoms with E-state index in [0.717, 1.165) is 31.7 Å². The first-order valence-corrected chi connectivity index (χ1v) is 6.16. The van der Waals surface area contributed by atoms with Crippen LogP contribution in [-0.2, 0) is 22.6 Å². The van der Waals surface area contributed by atoms with E-state index in [1.165, 1.54) is 0 Å². The molecule has 0 amide bonds. The van der Waals surface area contributed by atoms with Crippen molar-refractivity contribution < 1.29 is 9.47 Å². The lowest BCUT2D eigenvalue weighted by Gasteiger charge is -2.03. The van der Waals surface area contributed by atoms with E-state index in [1.54, 1.807) is 7.11 Å². The number of ether oxygens (including phenoxy) is 2. The van der Waals surface area contributed by atoms with Crippen LogP contribution in [0.25, 0.3) is 0 Å². The molecule has 0 fully saturated rings. The maximum Gasteiger partial charge on any atom is 0.0762 e. The summed E-state index contributed by atoms with van der Waals surface area (Å²) < 4.78 is 12.2. The maximum absolute atomic E-state index is 5.38. The molecule has 1 aromatic rings. The van der Waals surface area contributed by atoms with Gasteiger partial charge in [-0.3, -0.25) is 4.68 Å². The number of rotatable bonds is 10. The summed E-state index contributed by atoms with van der Waals surface area (Å²) in [5.74, 6) is 0. The topological polar surface area (TPSA) is 48.3 Å². The van der Waals surface area contributed by atoms with Crippen LogP contribution in [0.3, 0.4) is 0 Å². The van der Waals surface area contributed by atoms with Crippen LogP contribution in [0.2, 0.25) is 0 Å². The molecule has 5 nitrogen and oxygen atoms in total. The van der Waals surface area contributed by atoms with Gasteiger partial charge in [-0.1, -0.05) is 6.92 Å². The number of nitrogens with zero attached hydrogens (tertiary/aromatic N) is 2. The second-order valence-corrected chi connectivity index (χ2v) is 3.85. The molecule has 0 radical (unpaired) electrons. The quantitative estimate of drug-likeness (QED) is 0.622. The van der Waals surface area contributed by atoms with Gasteiger partial charge in [0.15, 0.2) is 0 Å². The molecule has 98 valence electrons. The molecule has 1 rings (SSSR count). The largest absolute Gasteiger partial charge is 0.382 e. The van der Waals surface area contributed by atoms with Crippen molar-refractivity contribution in [2.24, 2.45) is 0 Å². The van der Waals surface area contributed by atoms with Crippen molar-refractivity contribution >= 4 is 0 Å². The Morgan fingerprint density at radius 1 is 1.35 bits per heavy atom. The lowest BCUT2D eigenvalue weighted by molar-refractivity contribution is 0.0654. The Labute approximate surface area is 103 Å². The highest BCUT2D eigenvalue weighted by Crippen LogP contribution is 1.95. The Hall–Kier alpha value is -0.910. The fourth-order valence-corrected chi connectivity index (χ4v) is 1.42. The zero-order valence-electron chi connectivity index (χ0n) is 10.8. The second kappa shape index (κ2) is 9.15. The average molecular weight is 241 g/mol. The smallest absolute Gasteiger partial charge is 0.0762 e. The Morgan fingerprint density at radius 3 is 3.00 bits per heavy atom. The van der Waals surface area contributed by atoms with E-state index >= 15 is 0 Å². The molecule has 0 aliphatic rings. The highest BCUT2D eigenvalue weighted by atomic mass is 16.5. The normalized spacial score (nSPS) is 10.9. The summed E-state index contributed by atoms with van der Waals surface area (Å²) in [5, 5.41) is 7.77. The van der Waals surface area contributed by atoms with Crippen LogP contribution < -0.4 is 5.32 Å². The fraction of sp³-hybridized carbons (Fsp3) is 0.750. The van der Waals surface area contributed by atoms with Gasteiger partial charge >= 0.3 is 0 Å². The van der Waals surface area contributed by atoms with E-state index in [0.29, 0.717) is 19.8 Å². The molecule has 0 unspecified atom stereocenters. The Balaban J connectivity index is 2.12. The molecule has 0 spiro atoms. The molecule has 0 aromatic carbocycles. The van der Waals surface area contributed by atoms with Crippen molar-refractivity contribution in [1.29, 1.82) is 0 Å². The number of hydrogen-bond acceptors (Lipinski definition) is 4. The van der Waals surface area contributed by atoms with Crippen LogP contribution in [0.4, 0.5) is 0 Å². The van der Waals surface area contributed by atoms with Crippen LogP contribution in [0.1, 0.15) is 19.0 Å². The van der Waals surface area contributed by atoms with Crippen molar-refractivity contribution in [3.8, 4) is 0 Å². The molecule has 0 aliphatic heterocycles. The number of nitrogens with one attached hydrogen (secondary N) is 1. The predicted octanol–water partition coefficient (Wildman–Crippen LogP) is 1.05. The molecule has 1 N–H and O–H groups in total. The highest BCUT2D eigenvalue weighted by molar-refractivity contribution is 4.98. The van der Waals surface area contributed by atoms with E-state index in [4.69, 9.17) is 9.47 Å². The standard InChI is InChI=1S/C12H23N3O2/c1-3-5-13-11-12-4-6-15(14-12)7-8-17-10-9-16-2/h4,6,13H,3,5,7-11H2,1-2H3. The van der Waals surface area contributed by atoms with Crippen LogP contribution in [0.15, 0.2) is 12.3 Å². The Bertz CT molecular complexity index is 289. The first-order valence-electron chi connectivity index (χ1n) is 6.16. The van der Waals surface area contributed by atoms with Gasteiger partial charge < -0.3 is 14.8 Å². The van der Waals surface area contributed by atoms with E-state index in [1.807, 2.05) is 16.9 Å². The Kier molecular flexibility index (Phi) is 7.62. The van der Waals surface area contributed by atoms with Crippen LogP contribution >= 0.6 is 0 Å². The Morgan fingerprint density at radius 2 is 2.24 bits per heavy atom. The third-order valence-electron chi connectivity index (χ3n) is 2.33. The predicted molar refractivity (Wildman–Crippen MR) is 66.9 cm³/mol. The van der Waals surface area contributed by atoms with Crippen LogP contribution in [0, 0.1) is 0 Å². The summed E-state index contributed by atoms with van der Waals surface area (Å²) in [7, 11) is 1.67. The second-order valence-electron chi connectivity index (χ2n) is 3.85. The molecule has 0 saturated carbocycles. The van der Waals surface area contributed by atoms with Gasteiger partial charge in [0, 0.05) is 19.9 Å². The third kappa shape index (κ3) is 6.41. The van der Waals surface area contributed by atoms with Gasteiger partial charge in [0.2, 0.25) is 0 Å². The SMILES string of the molecule is CCCNCc1ccn(CCOCCOC)n1. The van der Waals surface area contributed by atoms with Crippen LogP contribution in [-0.4, -0.2) is 43.3 Å². The number of aromatic nitrogens is 2. The molecule has 1 heterocycles. The van der Waals surface area contributed by atoms with Gasteiger partial charge in [0.05, 0.1) is 32.1 Å². The minimum absolute atomic E-state index is 0.642. The van der Waals surface area contributed by atoms with Crippen molar-refractivity contribution in [3.63, 3.8) is 0 Å². The van der Waals surface area contributed by atoms with Crippen molar-refractivity contribution in [1.82, 2.24) is 15.1 Å². The minimum Gasteiger partial charge on any atom is -0.382 e. The zero-order valence-corrected chi connectivity index (χ0v) is 10.8. The molecule has 1 aromatic heterocycles. The van der Waals surface area contributed by atoms with E-state index in [-0.39, 0.29) is 0 Å². The van der Waals surface area contributed by atoms with Gasteiger partial charge in [0.1, 0.15) is 0 Å². The van der Waals surface area contributed by atoms with Gasteiger partial charge in [-0.25, -0.2) is 0 Å². The monoisotopic (exact) mass is 241 g/mol. The molecule has 5 heteroatoms. The molecule has 0 atom stereocenters. The number of methoxy groups -OCH3 is 1. The molecule has 0 bridgehead atoms. The lowest BCUT2D eigenvalue weighted by atomic mass is 10.4. The first-order chi connectivity index (χ1) is 8.36. The highest BCUT2D eigenvalue weighted by Gasteiger charge is 1.98. The summed E-state index contributed by atoms with van der Waals surface area (Å²) in [6.45, 7) is 6.78. The van der Waals surface area contributed by atoms with Gasteiger partial charge in [0.25, 0.3) is 0 Å². The van der Waals surface area contributed by atoms with Gasteiger partial charge in [-0.15, -0.1) is 0 Å². The molecule has 0 aliphatic carbocycles. The van der Waals surface area contributed by atoms with Crippen LogP contribution in [0.5, 0.6) is 0 Å². The summed E-state index contributed by atoms with van der Waals surface area (Å²) in [5.41, 5.74) is 1.08. The lowest BCUT2D eigenvalue weighted by Crippen LogP contribution is -2.15. The molecular weight excluding hydrogens is 218 g/mol. The van der Waals surface area contributed by atoms with Gasteiger partial charge in [-0.2, -0.15) is 5.10 Å². The molecule has 0 saturated heterocycles.